The van der Waals surface area contributed by atoms with Crippen LogP contribution >= 0.6 is 23.4 Å². The molecular formula is C21H22ClN5S. The molecule has 1 saturated heterocycles. The van der Waals surface area contributed by atoms with Crippen molar-refractivity contribution >= 4 is 29.2 Å². The molecule has 0 atom stereocenters. The zero-order valence-electron chi connectivity index (χ0n) is 15.5. The minimum absolute atomic E-state index is 0.539. The Morgan fingerprint density at radius 2 is 1.71 bits per heavy atom. The number of hydrogen-bond acceptors (Lipinski definition) is 6. The largest absolute Gasteiger partial charge is 0.353 e. The van der Waals surface area contributed by atoms with Gasteiger partial charge < -0.3 is 4.90 Å². The number of nitrogens with zero attached hydrogens (tertiary/aromatic N) is 5. The molecule has 2 aromatic heterocycles. The topological polar surface area (TPSA) is 45.2 Å². The Hall–Kier alpha value is -2.15. The molecule has 1 aliphatic heterocycles. The van der Waals surface area contributed by atoms with Crippen LogP contribution in [0.4, 0.5) is 5.82 Å². The van der Waals surface area contributed by atoms with Crippen LogP contribution in [0.25, 0.3) is 0 Å². The molecule has 0 amide bonds. The minimum atomic E-state index is 0.539. The van der Waals surface area contributed by atoms with Crippen LogP contribution in [-0.4, -0.2) is 46.0 Å². The molecule has 144 valence electrons. The van der Waals surface area contributed by atoms with Gasteiger partial charge in [0, 0.05) is 44.7 Å². The summed E-state index contributed by atoms with van der Waals surface area (Å²) in [5.41, 5.74) is 2.49. The maximum atomic E-state index is 5.87. The Bertz CT molecular complexity index is 883. The minimum Gasteiger partial charge on any atom is -0.353 e. The zero-order valence-corrected chi connectivity index (χ0v) is 17.1. The molecule has 1 aromatic carbocycles. The summed E-state index contributed by atoms with van der Waals surface area (Å²) in [5, 5.41) is 1.51. The van der Waals surface area contributed by atoms with Gasteiger partial charge in [-0.25, -0.2) is 9.97 Å². The normalized spacial score (nSPS) is 15.0. The lowest BCUT2D eigenvalue weighted by Gasteiger charge is -2.35. The lowest BCUT2D eigenvalue weighted by molar-refractivity contribution is 0.249. The lowest BCUT2D eigenvalue weighted by Crippen LogP contribution is -2.46. The molecule has 5 nitrogen and oxygen atoms in total. The van der Waals surface area contributed by atoms with E-state index in [9.17, 15) is 0 Å². The van der Waals surface area contributed by atoms with E-state index in [0.717, 1.165) is 49.3 Å². The summed E-state index contributed by atoms with van der Waals surface area (Å²) in [7, 11) is 0. The SMILES string of the molecule is Clc1ccc(CN2CCN(c3cncc(SCc4ccccc4)n3)CC2)cn1. The van der Waals surface area contributed by atoms with Gasteiger partial charge in [-0.3, -0.25) is 9.88 Å². The second-order valence-electron chi connectivity index (χ2n) is 6.74. The van der Waals surface area contributed by atoms with Crippen molar-refractivity contribution in [2.75, 3.05) is 31.1 Å². The average Bonchev–Trinajstić information content (AvgIpc) is 2.75. The number of thioether (sulfide) groups is 1. The van der Waals surface area contributed by atoms with Gasteiger partial charge in [-0.1, -0.05) is 48.0 Å². The Morgan fingerprint density at radius 1 is 0.893 bits per heavy atom. The zero-order chi connectivity index (χ0) is 19.2. The summed E-state index contributed by atoms with van der Waals surface area (Å²) in [6.45, 7) is 4.78. The maximum Gasteiger partial charge on any atom is 0.148 e. The summed E-state index contributed by atoms with van der Waals surface area (Å²) >= 11 is 7.59. The van der Waals surface area contributed by atoms with Crippen LogP contribution in [0.15, 0.2) is 66.1 Å². The van der Waals surface area contributed by atoms with Crippen LogP contribution in [0, 0.1) is 0 Å². The molecule has 0 N–H and O–H groups in total. The Morgan fingerprint density at radius 3 is 2.46 bits per heavy atom. The van der Waals surface area contributed by atoms with E-state index in [4.69, 9.17) is 16.6 Å². The van der Waals surface area contributed by atoms with Crippen molar-refractivity contribution < 1.29 is 0 Å². The fourth-order valence-corrected chi connectivity index (χ4v) is 4.10. The highest BCUT2D eigenvalue weighted by Gasteiger charge is 2.19. The second-order valence-corrected chi connectivity index (χ2v) is 8.13. The summed E-state index contributed by atoms with van der Waals surface area (Å²) in [4.78, 5) is 18.1. The number of piperazine rings is 1. The van der Waals surface area contributed by atoms with Crippen molar-refractivity contribution in [3.05, 3.63) is 77.3 Å². The number of anilines is 1. The molecule has 0 radical (unpaired) electrons. The number of aromatic nitrogens is 3. The molecule has 7 heteroatoms. The van der Waals surface area contributed by atoms with Crippen LogP contribution in [-0.2, 0) is 12.3 Å². The third-order valence-electron chi connectivity index (χ3n) is 4.72. The molecule has 3 aromatic rings. The van der Waals surface area contributed by atoms with Gasteiger partial charge in [0.05, 0.1) is 12.4 Å². The molecule has 3 heterocycles. The van der Waals surface area contributed by atoms with Crippen LogP contribution in [0.5, 0.6) is 0 Å². The van der Waals surface area contributed by atoms with Gasteiger partial charge in [-0.2, -0.15) is 0 Å². The first-order chi connectivity index (χ1) is 13.8. The molecule has 0 aliphatic carbocycles. The first kappa shape index (κ1) is 19.2. The first-order valence-electron chi connectivity index (χ1n) is 9.33. The number of benzene rings is 1. The number of rotatable bonds is 6. The van der Waals surface area contributed by atoms with E-state index in [2.05, 4.69) is 44.0 Å². The highest BCUT2D eigenvalue weighted by Crippen LogP contribution is 2.23. The van der Waals surface area contributed by atoms with E-state index in [-0.39, 0.29) is 0 Å². The smallest absolute Gasteiger partial charge is 0.148 e. The average molecular weight is 412 g/mol. The van der Waals surface area contributed by atoms with Crippen molar-refractivity contribution in [3.63, 3.8) is 0 Å². The summed E-state index contributed by atoms with van der Waals surface area (Å²) < 4.78 is 0. The first-order valence-corrected chi connectivity index (χ1v) is 10.7. The molecule has 0 unspecified atom stereocenters. The third-order valence-corrected chi connectivity index (χ3v) is 5.91. The molecular weight excluding hydrogens is 390 g/mol. The summed E-state index contributed by atoms with van der Waals surface area (Å²) in [5.74, 6) is 1.87. The maximum absolute atomic E-state index is 5.87. The standard InChI is InChI=1S/C21H22ClN5S/c22-19-7-6-18(12-24-19)15-26-8-10-27(11-9-26)20-13-23-14-21(25-20)28-16-17-4-2-1-3-5-17/h1-7,12-14H,8-11,15-16H2. The van der Waals surface area contributed by atoms with Crippen LogP contribution < -0.4 is 4.90 Å². The van der Waals surface area contributed by atoms with Crippen molar-refractivity contribution in [3.8, 4) is 0 Å². The van der Waals surface area contributed by atoms with Crippen molar-refractivity contribution in [1.29, 1.82) is 0 Å². The van der Waals surface area contributed by atoms with Crippen molar-refractivity contribution in [2.45, 2.75) is 17.3 Å². The lowest BCUT2D eigenvalue weighted by atomic mass is 10.2. The van der Waals surface area contributed by atoms with E-state index in [0.29, 0.717) is 5.15 Å². The predicted molar refractivity (Wildman–Crippen MR) is 115 cm³/mol. The van der Waals surface area contributed by atoms with Crippen molar-refractivity contribution in [2.24, 2.45) is 0 Å². The van der Waals surface area contributed by atoms with Gasteiger partial charge in [0.25, 0.3) is 0 Å². The Labute approximate surface area is 174 Å². The highest BCUT2D eigenvalue weighted by molar-refractivity contribution is 7.98. The highest BCUT2D eigenvalue weighted by atomic mass is 35.5. The fraction of sp³-hybridized carbons (Fsp3) is 0.286. The van der Waals surface area contributed by atoms with Gasteiger partial charge in [0.1, 0.15) is 16.0 Å². The van der Waals surface area contributed by atoms with Gasteiger partial charge in [0.2, 0.25) is 0 Å². The van der Waals surface area contributed by atoms with Gasteiger partial charge in [-0.15, -0.1) is 11.8 Å². The van der Waals surface area contributed by atoms with E-state index < -0.39 is 0 Å². The third kappa shape index (κ3) is 5.22. The van der Waals surface area contributed by atoms with Crippen LogP contribution in [0.2, 0.25) is 5.15 Å². The van der Waals surface area contributed by atoms with E-state index >= 15 is 0 Å². The van der Waals surface area contributed by atoms with Gasteiger partial charge in [0.15, 0.2) is 0 Å². The summed E-state index contributed by atoms with van der Waals surface area (Å²) in [6.07, 6.45) is 5.57. The molecule has 4 rings (SSSR count). The van der Waals surface area contributed by atoms with Crippen LogP contribution in [0.1, 0.15) is 11.1 Å². The monoisotopic (exact) mass is 411 g/mol. The Kier molecular flexibility index (Phi) is 6.41. The Balaban J connectivity index is 1.31. The number of halogens is 1. The molecule has 1 aliphatic rings. The van der Waals surface area contributed by atoms with Gasteiger partial charge in [-0.05, 0) is 17.2 Å². The van der Waals surface area contributed by atoms with E-state index in [1.807, 2.05) is 36.8 Å². The molecule has 0 spiro atoms. The van der Waals surface area contributed by atoms with E-state index in [1.54, 1.807) is 11.8 Å². The predicted octanol–water partition coefficient (Wildman–Crippen LogP) is 4.14. The van der Waals surface area contributed by atoms with E-state index in [1.165, 1.54) is 11.1 Å². The van der Waals surface area contributed by atoms with Crippen molar-refractivity contribution in [1.82, 2.24) is 19.9 Å². The van der Waals surface area contributed by atoms with Gasteiger partial charge >= 0.3 is 0 Å². The molecule has 0 bridgehead atoms. The number of pyridine rings is 1. The molecule has 28 heavy (non-hydrogen) atoms. The van der Waals surface area contributed by atoms with Crippen LogP contribution in [0.3, 0.4) is 0 Å². The molecule has 0 saturated carbocycles. The second kappa shape index (κ2) is 9.37. The summed E-state index contributed by atoms with van der Waals surface area (Å²) in [6, 6.07) is 14.3. The number of hydrogen-bond donors (Lipinski definition) is 0. The fourth-order valence-electron chi connectivity index (χ4n) is 3.19. The molecule has 1 fully saturated rings. The quantitative estimate of drug-likeness (QED) is 0.448.